The quantitative estimate of drug-likeness (QED) is 0.624. The van der Waals surface area contributed by atoms with Gasteiger partial charge in [-0.1, -0.05) is 23.2 Å². The van der Waals surface area contributed by atoms with Gasteiger partial charge in [-0.05, 0) is 53.6 Å². The van der Waals surface area contributed by atoms with Gasteiger partial charge in [0.05, 0.1) is 16.4 Å². The zero-order valence-corrected chi connectivity index (χ0v) is 16.3. The summed E-state index contributed by atoms with van der Waals surface area (Å²) < 4.78 is 43.1. The van der Waals surface area contributed by atoms with Gasteiger partial charge >= 0.3 is 0 Å². The highest BCUT2D eigenvalue weighted by atomic mass is 35.5. The molecule has 3 aromatic rings. The first-order valence-electron chi connectivity index (χ1n) is 8.05. The molecule has 12 heteroatoms. The number of tetrazole rings is 1. The molecule has 0 atom stereocenters. The van der Waals surface area contributed by atoms with Gasteiger partial charge in [-0.15, -0.1) is 5.10 Å². The number of halogens is 3. The number of phenolic OH excluding ortho intramolecular Hbond substituents is 1. The van der Waals surface area contributed by atoms with Crippen molar-refractivity contribution in [2.24, 2.45) is 0 Å². The molecule has 1 aromatic heterocycles. The van der Waals surface area contributed by atoms with Crippen LogP contribution in [0.3, 0.4) is 0 Å². The second kappa shape index (κ2) is 6.87. The minimum atomic E-state index is -4.38. The third-order valence-corrected chi connectivity index (χ3v) is 6.04. The van der Waals surface area contributed by atoms with Gasteiger partial charge in [0.25, 0.3) is 10.0 Å². The van der Waals surface area contributed by atoms with E-state index in [2.05, 4.69) is 20.2 Å². The molecule has 2 N–H and O–H groups in total. The monoisotopic (exact) mass is 443 g/mol. The lowest BCUT2D eigenvalue weighted by Crippen LogP contribution is -2.15. The summed E-state index contributed by atoms with van der Waals surface area (Å²) in [6.07, 6.45) is 1.91. The van der Waals surface area contributed by atoms with Crippen LogP contribution >= 0.6 is 23.2 Å². The highest BCUT2D eigenvalue weighted by Gasteiger charge is 2.30. The molecule has 0 amide bonds. The smallest absolute Gasteiger partial charge is 0.265 e. The Labute approximate surface area is 168 Å². The Bertz CT molecular complexity index is 1180. The fraction of sp³-hybridized carbons (Fsp3) is 0.188. The molecule has 28 heavy (non-hydrogen) atoms. The van der Waals surface area contributed by atoms with E-state index in [4.69, 9.17) is 23.2 Å². The SMILES string of the molecule is O=S(=O)(Nc1cc(-n2nnnc2C2CC2)ccc1F)c1cc(Cl)cc(Cl)c1O. The van der Waals surface area contributed by atoms with Gasteiger partial charge in [0, 0.05) is 10.9 Å². The Morgan fingerprint density at radius 2 is 1.96 bits per heavy atom. The molecule has 1 aliphatic carbocycles. The van der Waals surface area contributed by atoms with Gasteiger partial charge < -0.3 is 5.11 Å². The summed E-state index contributed by atoms with van der Waals surface area (Å²) in [6, 6.07) is 5.99. The Morgan fingerprint density at radius 3 is 2.68 bits per heavy atom. The van der Waals surface area contributed by atoms with Crippen molar-refractivity contribution >= 4 is 38.9 Å². The molecule has 4 rings (SSSR count). The number of anilines is 1. The molecule has 0 aliphatic heterocycles. The number of benzene rings is 2. The molecule has 1 aliphatic rings. The molecule has 1 saturated carbocycles. The normalized spacial score (nSPS) is 14.2. The molecule has 2 aromatic carbocycles. The van der Waals surface area contributed by atoms with Gasteiger partial charge in [0.2, 0.25) is 0 Å². The van der Waals surface area contributed by atoms with Gasteiger partial charge in [-0.3, -0.25) is 4.72 Å². The summed E-state index contributed by atoms with van der Waals surface area (Å²) in [5.41, 5.74) is 0.0459. The van der Waals surface area contributed by atoms with Crippen molar-refractivity contribution in [1.29, 1.82) is 0 Å². The first-order valence-corrected chi connectivity index (χ1v) is 10.3. The largest absolute Gasteiger partial charge is 0.505 e. The van der Waals surface area contributed by atoms with E-state index in [0.717, 1.165) is 25.0 Å². The Hall–Kier alpha value is -2.43. The maximum Gasteiger partial charge on any atom is 0.265 e. The van der Waals surface area contributed by atoms with E-state index in [1.165, 1.54) is 22.9 Å². The predicted octanol–water partition coefficient (Wildman–Crippen LogP) is 3.49. The molecule has 0 radical (unpaired) electrons. The highest BCUT2D eigenvalue weighted by molar-refractivity contribution is 7.92. The van der Waals surface area contributed by atoms with Crippen molar-refractivity contribution in [2.45, 2.75) is 23.7 Å². The van der Waals surface area contributed by atoms with Crippen LogP contribution in [0.1, 0.15) is 24.6 Å². The molecular weight excluding hydrogens is 432 g/mol. The van der Waals surface area contributed by atoms with E-state index < -0.39 is 26.5 Å². The van der Waals surface area contributed by atoms with Gasteiger partial charge in [0.15, 0.2) is 11.6 Å². The zero-order valence-electron chi connectivity index (χ0n) is 14.0. The molecule has 8 nitrogen and oxygen atoms in total. The van der Waals surface area contributed by atoms with Crippen molar-refractivity contribution in [3.63, 3.8) is 0 Å². The molecular formula is C16H12Cl2FN5O3S. The van der Waals surface area contributed by atoms with Crippen molar-refractivity contribution in [2.75, 3.05) is 4.72 Å². The zero-order chi connectivity index (χ0) is 20.1. The minimum Gasteiger partial charge on any atom is -0.505 e. The van der Waals surface area contributed by atoms with E-state index in [0.29, 0.717) is 11.5 Å². The van der Waals surface area contributed by atoms with E-state index in [-0.39, 0.29) is 21.7 Å². The maximum absolute atomic E-state index is 14.3. The van der Waals surface area contributed by atoms with E-state index in [1.54, 1.807) is 0 Å². The first-order chi connectivity index (χ1) is 13.3. The lowest BCUT2D eigenvalue weighted by molar-refractivity contribution is 0.459. The van der Waals surface area contributed by atoms with Crippen molar-refractivity contribution < 1.29 is 17.9 Å². The molecule has 1 fully saturated rings. The summed E-state index contributed by atoms with van der Waals surface area (Å²) in [4.78, 5) is -0.573. The van der Waals surface area contributed by atoms with Crippen LogP contribution in [0, 0.1) is 5.82 Å². The average Bonchev–Trinajstić information content (AvgIpc) is 3.36. The van der Waals surface area contributed by atoms with Crippen molar-refractivity contribution in [1.82, 2.24) is 20.2 Å². The van der Waals surface area contributed by atoms with E-state index in [9.17, 15) is 17.9 Å². The number of rotatable bonds is 5. The molecule has 0 bridgehead atoms. The third kappa shape index (κ3) is 3.50. The Morgan fingerprint density at radius 1 is 1.21 bits per heavy atom. The number of aromatic hydroxyl groups is 1. The van der Waals surface area contributed by atoms with Crippen LogP contribution in [0.2, 0.25) is 10.0 Å². The topological polar surface area (TPSA) is 110 Å². The van der Waals surface area contributed by atoms with Crippen LogP contribution in [0.25, 0.3) is 5.69 Å². The fourth-order valence-electron chi connectivity index (χ4n) is 2.64. The number of nitrogens with one attached hydrogen (secondary N) is 1. The molecule has 0 saturated heterocycles. The van der Waals surface area contributed by atoms with Crippen molar-refractivity contribution in [3.8, 4) is 11.4 Å². The number of hydrogen-bond acceptors (Lipinski definition) is 6. The van der Waals surface area contributed by atoms with Crippen molar-refractivity contribution in [3.05, 3.63) is 52.0 Å². The predicted molar refractivity (Wildman–Crippen MR) is 100 cm³/mol. The molecule has 0 spiro atoms. The van der Waals surface area contributed by atoms with E-state index in [1.807, 2.05) is 0 Å². The molecule has 0 unspecified atom stereocenters. The lowest BCUT2D eigenvalue weighted by Gasteiger charge is -2.13. The molecule has 1 heterocycles. The fourth-order valence-corrected chi connectivity index (χ4v) is 4.46. The lowest BCUT2D eigenvalue weighted by atomic mass is 10.2. The maximum atomic E-state index is 14.3. The van der Waals surface area contributed by atoms with Crippen LogP contribution < -0.4 is 4.72 Å². The van der Waals surface area contributed by atoms with Gasteiger partial charge in [-0.2, -0.15) is 4.68 Å². The van der Waals surface area contributed by atoms with Crippen LogP contribution in [0.15, 0.2) is 35.2 Å². The van der Waals surface area contributed by atoms with Crippen LogP contribution in [0.5, 0.6) is 5.75 Å². The summed E-state index contributed by atoms with van der Waals surface area (Å²) in [7, 11) is -4.38. The minimum absolute atomic E-state index is 0.000151. The second-order valence-corrected chi connectivity index (χ2v) is 8.72. The average molecular weight is 444 g/mol. The van der Waals surface area contributed by atoms with Crippen LogP contribution in [-0.2, 0) is 10.0 Å². The first kappa shape index (κ1) is 18.9. The standard InChI is InChI=1S/C16H12Cl2FN5O3S/c17-9-5-11(18)15(25)14(6-9)28(26,27)21-13-7-10(3-4-12(13)19)24-16(8-1-2-8)20-22-23-24/h3-8,21,25H,1-2H2. The summed E-state index contributed by atoms with van der Waals surface area (Å²) >= 11 is 11.6. The van der Waals surface area contributed by atoms with Gasteiger partial charge in [-0.25, -0.2) is 12.8 Å². The summed E-state index contributed by atoms with van der Waals surface area (Å²) in [6.45, 7) is 0. The Balaban J connectivity index is 1.73. The number of aromatic nitrogens is 4. The van der Waals surface area contributed by atoms with E-state index >= 15 is 0 Å². The van der Waals surface area contributed by atoms with Crippen LogP contribution in [0.4, 0.5) is 10.1 Å². The number of sulfonamides is 1. The Kier molecular flexibility index (Phi) is 4.64. The summed E-state index contributed by atoms with van der Waals surface area (Å²) in [5, 5.41) is 21.2. The van der Waals surface area contributed by atoms with Crippen LogP contribution in [-0.4, -0.2) is 33.7 Å². The number of hydrogen-bond donors (Lipinski definition) is 2. The number of nitrogens with zero attached hydrogens (tertiary/aromatic N) is 4. The third-order valence-electron chi connectivity index (χ3n) is 4.16. The van der Waals surface area contributed by atoms with Gasteiger partial charge in [0.1, 0.15) is 10.7 Å². The highest BCUT2D eigenvalue weighted by Crippen LogP contribution is 2.39. The number of phenols is 1. The molecule has 146 valence electrons. The second-order valence-electron chi connectivity index (χ2n) is 6.23. The summed E-state index contributed by atoms with van der Waals surface area (Å²) in [5.74, 6) is -0.655.